The summed E-state index contributed by atoms with van der Waals surface area (Å²) >= 11 is 0. The molecule has 0 aromatic heterocycles. The standard InChI is InChI=1S/C86H167NO5/c1-3-5-7-9-11-13-15-17-19-20-21-41-44-47-51-54-58-62-66-70-74-78-84(89)83(82-88)87-85(90)79-75-71-67-63-59-55-52-48-45-42-39-37-35-33-31-29-27-25-23-22-24-26-28-30-32-34-36-38-40-43-46-49-53-57-61-65-69-73-77-81-92-86(91)80-76-72-68-64-60-56-50-18-16-14-12-10-8-6-4-2/h22-23,74,78,83-84,88-89H,3-21,24-73,75-77,79-82H2,1-2H3,(H,87,90)/b23-22-,78-74+. The summed E-state index contributed by atoms with van der Waals surface area (Å²) < 4.78 is 5.51. The van der Waals surface area contributed by atoms with Crippen molar-refractivity contribution in [1.29, 1.82) is 0 Å². The predicted octanol–water partition coefficient (Wildman–Crippen LogP) is 28.4. The largest absolute Gasteiger partial charge is 0.466 e. The first kappa shape index (κ1) is 90.3. The Bertz CT molecular complexity index is 1450. The minimum absolute atomic E-state index is 0.0263. The summed E-state index contributed by atoms with van der Waals surface area (Å²) in [5.74, 6) is -0.0321. The fourth-order valence-corrected chi connectivity index (χ4v) is 13.8. The lowest BCUT2D eigenvalue weighted by atomic mass is 10.0. The van der Waals surface area contributed by atoms with Crippen LogP contribution in [0, 0.1) is 0 Å². The summed E-state index contributed by atoms with van der Waals surface area (Å²) in [6, 6.07) is -0.625. The van der Waals surface area contributed by atoms with E-state index >= 15 is 0 Å². The van der Waals surface area contributed by atoms with Crippen LogP contribution in [0.5, 0.6) is 0 Å². The third-order valence-electron chi connectivity index (χ3n) is 20.2. The number of aliphatic hydroxyl groups is 2. The van der Waals surface area contributed by atoms with E-state index < -0.39 is 12.1 Å². The van der Waals surface area contributed by atoms with E-state index in [1.807, 2.05) is 6.08 Å². The Morgan fingerprint density at radius 1 is 0.293 bits per heavy atom. The van der Waals surface area contributed by atoms with Crippen LogP contribution in [0.4, 0.5) is 0 Å². The SMILES string of the molecule is CCCCCCCCCCCCCCCCCCCCC/C=C/C(O)C(CO)NC(=O)CCCCCCCCCCCCCCCCCCC/C=C\CCCCCCCCCCCCCCCCCCCCOC(=O)CCCCCCCCCCCCCCCCC. The quantitative estimate of drug-likeness (QED) is 0.0320. The van der Waals surface area contributed by atoms with Crippen molar-refractivity contribution in [2.24, 2.45) is 0 Å². The molecule has 0 bridgehead atoms. The van der Waals surface area contributed by atoms with Crippen LogP contribution in [0.3, 0.4) is 0 Å². The van der Waals surface area contributed by atoms with Crippen LogP contribution in [0.15, 0.2) is 24.3 Å². The summed E-state index contributed by atoms with van der Waals surface area (Å²) in [7, 11) is 0. The molecule has 0 saturated heterocycles. The molecule has 0 aliphatic heterocycles. The Labute approximate surface area is 577 Å². The second kappa shape index (κ2) is 81.8. The Morgan fingerprint density at radius 2 is 0.511 bits per heavy atom. The Balaban J connectivity index is 3.34. The van der Waals surface area contributed by atoms with E-state index in [4.69, 9.17) is 4.74 Å². The number of hydrogen-bond donors (Lipinski definition) is 3. The Kier molecular flexibility index (Phi) is 80.3. The fourth-order valence-electron chi connectivity index (χ4n) is 13.8. The molecule has 6 nitrogen and oxygen atoms in total. The van der Waals surface area contributed by atoms with Gasteiger partial charge < -0.3 is 20.3 Å². The maximum absolute atomic E-state index is 12.6. The van der Waals surface area contributed by atoms with Gasteiger partial charge >= 0.3 is 5.97 Å². The van der Waals surface area contributed by atoms with E-state index in [9.17, 15) is 19.8 Å². The molecule has 2 atom stereocenters. The van der Waals surface area contributed by atoms with Gasteiger partial charge in [0.15, 0.2) is 0 Å². The molecule has 0 aromatic rings. The molecule has 0 aromatic carbocycles. The van der Waals surface area contributed by atoms with Crippen LogP contribution in [-0.2, 0) is 14.3 Å². The minimum atomic E-state index is -0.842. The second-order valence-corrected chi connectivity index (χ2v) is 29.5. The first-order valence-electron chi connectivity index (χ1n) is 42.6. The summed E-state index contributed by atoms with van der Waals surface area (Å²) in [4.78, 5) is 24.6. The van der Waals surface area contributed by atoms with Gasteiger partial charge in [0.1, 0.15) is 0 Å². The molecule has 0 rings (SSSR count). The zero-order chi connectivity index (χ0) is 66.3. The number of ether oxygens (including phenoxy) is 1. The first-order valence-corrected chi connectivity index (χ1v) is 42.6. The number of unbranched alkanes of at least 4 members (excludes halogenated alkanes) is 68. The third kappa shape index (κ3) is 77.3. The number of rotatable bonds is 81. The highest BCUT2D eigenvalue weighted by molar-refractivity contribution is 5.76. The number of amides is 1. The fraction of sp³-hybridized carbons (Fsp3) is 0.930. The summed E-state index contributed by atoms with van der Waals surface area (Å²) in [5.41, 5.74) is 0. The molecule has 0 spiro atoms. The molecule has 92 heavy (non-hydrogen) atoms. The van der Waals surface area contributed by atoms with Crippen LogP contribution in [0.25, 0.3) is 0 Å². The summed E-state index contributed by atoms with van der Waals surface area (Å²) in [6.07, 6.45) is 106. The average Bonchev–Trinajstić information content (AvgIpc) is 3.58. The van der Waals surface area contributed by atoms with Gasteiger partial charge in [-0.2, -0.15) is 0 Å². The molecule has 1 amide bonds. The Morgan fingerprint density at radius 3 is 0.772 bits per heavy atom. The summed E-state index contributed by atoms with van der Waals surface area (Å²) in [6.45, 7) is 4.97. The number of nitrogens with one attached hydrogen (secondary N) is 1. The van der Waals surface area contributed by atoms with E-state index in [0.29, 0.717) is 19.4 Å². The maximum atomic E-state index is 12.6. The van der Waals surface area contributed by atoms with Gasteiger partial charge in [0.05, 0.1) is 25.4 Å². The first-order chi connectivity index (χ1) is 45.5. The van der Waals surface area contributed by atoms with Crippen LogP contribution >= 0.6 is 0 Å². The number of allylic oxidation sites excluding steroid dienone is 3. The van der Waals surface area contributed by atoms with Gasteiger partial charge in [-0.25, -0.2) is 0 Å². The van der Waals surface area contributed by atoms with Crippen molar-refractivity contribution < 1.29 is 24.5 Å². The van der Waals surface area contributed by atoms with E-state index in [1.165, 1.54) is 424 Å². The summed E-state index contributed by atoms with van der Waals surface area (Å²) in [5, 5.41) is 23.3. The number of carbonyl (C=O) groups is 2. The highest BCUT2D eigenvalue weighted by atomic mass is 16.5. The number of carbonyl (C=O) groups excluding carboxylic acids is 2. The molecular formula is C86H167NO5. The number of hydrogen-bond acceptors (Lipinski definition) is 5. The second-order valence-electron chi connectivity index (χ2n) is 29.5. The van der Waals surface area contributed by atoms with Gasteiger partial charge in [-0.1, -0.05) is 443 Å². The normalized spacial score (nSPS) is 12.5. The van der Waals surface area contributed by atoms with E-state index in [1.54, 1.807) is 6.08 Å². The average molecular weight is 1300 g/mol. The van der Waals surface area contributed by atoms with Gasteiger partial charge in [0, 0.05) is 12.8 Å². The molecule has 0 radical (unpaired) electrons. The van der Waals surface area contributed by atoms with Crippen molar-refractivity contribution >= 4 is 11.9 Å². The molecule has 6 heteroatoms. The molecule has 2 unspecified atom stereocenters. The lowest BCUT2D eigenvalue weighted by Gasteiger charge is -2.20. The highest BCUT2D eigenvalue weighted by Crippen LogP contribution is 2.21. The van der Waals surface area contributed by atoms with Gasteiger partial charge in [-0.05, 0) is 57.8 Å². The van der Waals surface area contributed by atoms with Gasteiger partial charge in [-0.3, -0.25) is 9.59 Å². The topological polar surface area (TPSA) is 95.9 Å². The maximum Gasteiger partial charge on any atom is 0.305 e. The minimum Gasteiger partial charge on any atom is -0.466 e. The van der Waals surface area contributed by atoms with E-state index in [-0.39, 0.29) is 18.5 Å². The van der Waals surface area contributed by atoms with Crippen LogP contribution in [0.2, 0.25) is 0 Å². The number of aliphatic hydroxyl groups excluding tert-OH is 2. The van der Waals surface area contributed by atoms with E-state index in [0.717, 1.165) is 38.5 Å². The van der Waals surface area contributed by atoms with Gasteiger partial charge in [-0.15, -0.1) is 0 Å². The zero-order valence-corrected chi connectivity index (χ0v) is 62.8. The molecule has 0 heterocycles. The molecule has 0 aliphatic rings. The van der Waals surface area contributed by atoms with Crippen molar-refractivity contribution in [1.82, 2.24) is 5.32 Å². The monoisotopic (exact) mass is 1290 g/mol. The van der Waals surface area contributed by atoms with Crippen molar-refractivity contribution in [3.8, 4) is 0 Å². The van der Waals surface area contributed by atoms with Gasteiger partial charge in [0.2, 0.25) is 5.91 Å². The van der Waals surface area contributed by atoms with Gasteiger partial charge in [0.25, 0.3) is 0 Å². The lowest BCUT2D eigenvalue weighted by Crippen LogP contribution is -2.45. The molecular weight excluding hydrogens is 1130 g/mol. The Hall–Kier alpha value is -1.66. The van der Waals surface area contributed by atoms with Crippen molar-refractivity contribution in [2.45, 2.75) is 501 Å². The van der Waals surface area contributed by atoms with Crippen LogP contribution in [-0.4, -0.2) is 47.4 Å². The molecule has 3 N–H and O–H groups in total. The van der Waals surface area contributed by atoms with Crippen LogP contribution in [0.1, 0.15) is 489 Å². The molecule has 546 valence electrons. The predicted molar refractivity (Wildman–Crippen MR) is 407 cm³/mol. The van der Waals surface area contributed by atoms with Crippen molar-refractivity contribution in [3.63, 3.8) is 0 Å². The number of esters is 1. The third-order valence-corrected chi connectivity index (χ3v) is 20.2. The lowest BCUT2D eigenvalue weighted by molar-refractivity contribution is -0.143. The molecule has 0 aliphatic carbocycles. The zero-order valence-electron chi connectivity index (χ0n) is 62.8. The van der Waals surface area contributed by atoms with Crippen molar-refractivity contribution in [2.75, 3.05) is 13.2 Å². The molecule has 0 fully saturated rings. The van der Waals surface area contributed by atoms with E-state index in [2.05, 4.69) is 31.3 Å². The molecule has 0 saturated carbocycles. The highest BCUT2D eigenvalue weighted by Gasteiger charge is 2.18. The smallest absolute Gasteiger partial charge is 0.305 e. The van der Waals surface area contributed by atoms with Crippen molar-refractivity contribution in [3.05, 3.63) is 24.3 Å². The van der Waals surface area contributed by atoms with Crippen LogP contribution < -0.4 is 5.32 Å².